The fraction of sp³-hybridized carbons (Fsp3) is 0.548. The highest BCUT2D eigenvalue weighted by molar-refractivity contribution is 7.27. The molecule has 18 heteroatoms. The molecule has 12 aromatic rings. The minimum absolute atomic E-state index is 0.398. The van der Waals surface area contributed by atoms with Crippen molar-refractivity contribution in [3.05, 3.63) is 101 Å². The Morgan fingerprint density at radius 1 is 0.297 bits per heavy atom. The molecule has 6 unspecified atom stereocenters. The maximum absolute atomic E-state index is 8.10. The zero-order valence-corrected chi connectivity index (χ0v) is 75.2. The van der Waals surface area contributed by atoms with Crippen molar-refractivity contribution in [2.75, 3.05) is 0 Å². The number of hydrogen-bond acceptors (Lipinski definition) is 18. The number of aromatic nitrogens is 6. The lowest BCUT2D eigenvalue weighted by Crippen LogP contribution is -2.39. The molecule has 12 heterocycles. The number of fused-ring (bicyclic) bond motifs is 12. The van der Waals surface area contributed by atoms with E-state index in [1.807, 2.05) is 68.0 Å². The molecule has 111 heavy (non-hydrogen) atoms. The van der Waals surface area contributed by atoms with Gasteiger partial charge in [-0.15, -0.1) is 68.0 Å². The van der Waals surface area contributed by atoms with E-state index in [0.717, 1.165) is 155 Å². The summed E-state index contributed by atoms with van der Waals surface area (Å²) < 4.78 is 54.5. The molecule has 590 valence electrons. The van der Waals surface area contributed by atoms with Gasteiger partial charge in [0, 0.05) is 68.9 Å². The number of unbranched alkanes of at least 4 members (excludes halogenated alkanes) is 6. The summed E-state index contributed by atoms with van der Waals surface area (Å²) in [5.41, 5.74) is 14.2. The molecule has 0 spiro atoms. The van der Waals surface area contributed by atoms with Crippen molar-refractivity contribution < 1.29 is 14.2 Å². The van der Waals surface area contributed by atoms with Crippen LogP contribution in [0.1, 0.15) is 292 Å². The van der Waals surface area contributed by atoms with Gasteiger partial charge in [0.15, 0.2) is 0 Å². The first kappa shape index (κ1) is 80.9. The van der Waals surface area contributed by atoms with E-state index >= 15 is 0 Å². The topological polar surface area (TPSA) is 105 Å². The first-order chi connectivity index (χ1) is 54.3. The van der Waals surface area contributed by atoms with E-state index in [4.69, 9.17) is 40.5 Å². The van der Waals surface area contributed by atoms with E-state index < -0.39 is 16.8 Å². The van der Waals surface area contributed by atoms with Crippen molar-refractivity contribution in [2.45, 2.75) is 293 Å². The van der Waals surface area contributed by atoms with Crippen LogP contribution < -0.4 is 14.2 Å². The SMILES string of the molecule is CCCCC(CC)CC1(CC(CC)CCCC)Oc2cc(-c3ccc(-c4cc5c(s4)-c4sc(-c6ccc(-c7cc8c(s7)-c7sccc7OC8(CC(CC)CCCC)CC(CC)CCCC)c7nsnc67)cc4OC5(CC(CC)CCCC)CC(CC)CCCC)c4nsnc34)sc2-c2sc(-c3cccc4nsnc34)cc21. The Bertz CT molecular complexity index is 5030. The Morgan fingerprint density at radius 3 is 0.919 bits per heavy atom. The maximum Gasteiger partial charge on any atom is 0.140 e. The minimum atomic E-state index is -0.533. The number of ether oxygens (including phenoxy) is 3. The summed E-state index contributed by atoms with van der Waals surface area (Å²) in [6.45, 7) is 28.5. The molecule has 3 aliphatic heterocycles. The van der Waals surface area contributed by atoms with E-state index in [1.165, 1.54) is 221 Å². The average molecular weight is 1650 g/mol. The Morgan fingerprint density at radius 2 is 0.586 bits per heavy atom. The van der Waals surface area contributed by atoms with E-state index in [1.54, 1.807) is 0 Å². The van der Waals surface area contributed by atoms with Crippen LogP contribution in [0.4, 0.5) is 0 Å². The van der Waals surface area contributed by atoms with Crippen molar-refractivity contribution >= 4 is 136 Å². The highest BCUT2D eigenvalue weighted by atomic mass is 32.1. The van der Waals surface area contributed by atoms with Crippen LogP contribution in [0.15, 0.2) is 84.2 Å². The van der Waals surface area contributed by atoms with Crippen LogP contribution in [-0.4, -0.2) is 26.2 Å². The third kappa shape index (κ3) is 16.1. The van der Waals surface area contributed by atoms with Crippen LogP contribution in [0.25, 0.3) is 115 Å². The number of benzene rings is 3. The number of thiophene rings is 6. The lowest BCUT2D eigenvalue weighted by atomic mass is 9.73. The molecule has 3 aliphatic rings. The van der Waals surface area contributed by atoms with Crippen LogP contribution in [0.2, 0.25) is 0 Å². The van der Waals surface area contributed by atoms with Crippen LogP contribution in [0.3, 0.4) is 0 Å². The second kappa shape index (κ2) is 36.1. The molecule has 0 saturated carbocycles. The summed E-state index contributed by atoms with van der Waals surface area (Å²) in [4.78, 5) is 13.8. The van der Waals surface area contributed by atoms with Gasteiger partial charge in [0.25, 0.3) is 0 Å². The predicted molar refractivity (Wildman–Crippen MR) is 485 cm³/mol. The zero-order chi connectivity index (χ0) is 77.0. The predicted octanol–water partition coefficient (Wildman–Crippen LogP) is 32.8. The second-order valence-electron chi connectivity index (χ2n) is 33.0. The molecule has 0 bridgehead atoms. The van der Waals surface area contributed by atoms with Crippen LogP contribution in [-0.2, 0) is 16.8 Å². The quantitative estimate of drug-likeness (QED) is 0.0370. The van der Waals surface area contributed by atoms with Gasteiger partial charge in [-0.3, -0.25) is 0 Å². The van der Waals surface area contributed by atoms with Crippen LogP contribution >= 0.6 is 103 Å². The Labute approximate surface area is 698 Å². The first-order valence-electron chi connectivity index (χ1n) is 42.9. The third-order valence-corrected chi connectivity index (χ3v) is 34.4. The fourth-order valence-electron chi connectivity index (χ4n) is 19.1. The fourth-order valence-corrected chi connectivity index (χ4v) is 28.1. The average Bonchev–Trinajstić information content (AvgIpc) is 1.58. The van der Waals surface area contributed by atoms with Gasteiger partial charge in [0.1, 0.15) is 67.2 Å². The molecule has 0 aliphatic carbocycles. The molecule has 9 nitrogen and oxygen atoms in total. The molecule has 0 radical (unpaired) electrons. The van der Waals surface area contributed by atoms with Crippen molar-refractivity contribution in [2.24, 2.45) is 35.5 Å². The number of hydrogen-bond donors (Lipinski definition) is 0. The van der Waals surface area contributed by atoms with Crippen molar-refractivity contribution in [1.29, 1.82) is 0 Å². The lowest BCUT2D eigenvalue weighted by molar-refractivity contribution is 0.00782. The Hall–Kier alpha value is -5.28. The van der Waals surface area contributed by atoms with Crippen LogP contribution in [0, 0.1) is 35.5 Å². The van der Waals surface area contributed by atoms with Crippen molar-refractivity contribution in [3.8, 4) is 98.7 Å². The monoisotopic (exact) mass is 1650 g/mol. The molecule has 0 saturated heterocycles. The minimum Gasteiger partial charge on any atom is -0.481 e. The Kier molecular flexibility index (Phi) is 26.3. The molecular formula is C93H116N6O3S9. The van der Waals surface area contributed by atoms with Gasteiger partial charge in [0.05, 0.1) is 64.4 Å². The first-order valence-corrected chi connectivity index (χ1v) is 50.1. The van der Waals surface area contributed by atoms with E-state index in [0.29, 0.717) is 35.5 Å². The van der Waals surface area contributed by atoms with Crippen LogP contribution in [0.5, 0.6) is 17.2 Å². The molecule has 0 fully saturated rings. The van der Waals surface area contributed by atoms with Gasteiger partial charge in [-0.05, 0) is 122 Å². The maximum atomic E-state index is 8.10. The summed E-state index contributed by atoms with van der Waals surface area (Å²) in [6.07, 6.45) is 34.8. The molecule has 9 aromatic heterocycles. The van der Waals surface area contributed by atoms with Gasteiger partial charge < -0.3 is 14.2 Å². The normalized spacial score (nSPS) is 18.7. The standard InChI is InChI=1S/C93H116N6O3S9/c1-13-25-32-57(19-7)51-91(52-58(20-8)33-26-14-2)68-46-76(104-85(68)88-72(100-91)44-45-103-88)64-40-42-66(83-81(64)96-110-98-83)79-50-74-90(108-79)87-70(93(102-74,55-61(23-11)36-29-17-5)56-62(24-12)37-30-18-6)48-77(106-87)65-41-43-67(84-82(65)97-111-99-84)78-49-73-89(107-78)86-69(47-75(105-86)63-38-31-39-71-80(63)95-109-94-71)92(101-73,53-59(21-9)34-27-15-3)54-60(22-10)35-28-16-4/h31,38-50,57-62H,13-30,32-37,51-56H2,1-12H3. The van der Waals surface area contributed by atoms with Gasteiger partial charge in [-0.2, -0.15) is 26.2 Å². The van der Waals surface area contributed by atoms with E-state index in [9.17, 15) is 0 Å². The molecule has 15 rings (SSSR count). The molecular weight excluding hydrogens is 1540 g/mol. The summed E-state index contributed by atoms with van der Waals surface area (Å²) in [5.74, 6) is 6.36. The molecule has 0 N–H and O–H groups in total. The molecule has 0 amide bonds. The lowest BCUT2D eigenvalue weighted by Gasteiger charge is -2.42. The summed E-state index contributed by atoms with van der Waals surface area (Å²) >= 11 is 15.4. The number of rotatable bonds is 41. The second-order valence-corrected chi connectivity index (χ2v) is 40.7. The van der Waals surface area contributed by atoms with Gasteiger partial charge in [-0.25, -0.2) is 0 Å². The highest BCUT2D eigenvalue weighted by Gasteiger charge is 2.50. The zero-order valence-electron chi connectivity index (χ0n) is 67.8. The largest absolute Gasteiger partial charge is 0.481 e. The van der Waals surface area contributed by atoms with Crippen molar-refractivity contribution in [3.63, 3.8) is 0 Å². The molecule has 6 atom stereocenters. The summed E-state index contributed by atoms with van der Waals surface area (Å²) in [7, 11) is 0. The van der Waals surface area contributed by atoms with Gasteiger partial charge in [0.2, 0.25) is 0 Å². The smallest absolute Gasteiger partial charge is 0.140 e. The van der Waals surface area contributed by atoms with Gasteiger partial charge in [-0.1, -0.05) is 274 Å². The Balaban J connectivity index is 0.840. The van der Waals surface area contributed by atoms with E-state index in [2.05, 4.69) is 167 Å². The third-order valence-electron chi connectivity index (χ3n) is 25.6. The highest BCUT2D eigenvalue weighted by Crippen LogP contribution is 2.64. The summed E-state index contributed by atoms with van der Waals surface area (Å²) in [6, 6.07) is 30.6. The van der Waals surface area contributed by atoms with Crippen molar-refractivity contribution in [1.82, 2.24) is 26.2 Å². The number of nitrogens with zero attached hydrogens (tertiary/aromatic N) is 6. The molecule has 3 aromatic carbocycles. The summed E-state index contributed by atoms with van der Waals surface area (Å²) in [5, 5.41) is 2.25. The van der Waals surface area contributed by atoms with Gasteiger partial charge >= 0.3 is 0 Å². The van der Waals surface area contributed by atoms with E-state index in [-0.39, 0.29) is 0 Å².